The molecule has 7 heteroatoms. The van der Waals surface area contributed by atoms with Crippen molar-refractivity contribution in [3.05, 3.63) is 54.1 Å². The van der Waals surface area contributed by atoms with E-state index in [9.17, 15) is 4.79 Å². The zero-order valence-corrected chi connectivity index (χ0v) is 21.4. The van der Waals surface area contributed by atoms with Crippen LogP contribution in [0.15, 0.2) is 48.5 Å². The van der Waals surface area contributed by atoms with Gasteiger partial charge in [-0.15, -0.1) is 5.10 Å². The third-order valence-corrected chi connectivity index (χ3v) is 6.06. The van der Waals surface area contributed by atoms with Gasteiger partial charge in [-0.2, -0.15) is 0 Å². The van der Waals surface area contributed by atoms with E-state index < -0.39 is 0 Å². The van der Waals surface area contributed by atoms with E-state index in [0.717, 1.165) is 54.5 Å². The quantitative estimate of drug-likeness (QED) is 0.450. The minimum absolute atomic E-state index is 0.253. The summed E-state index contributed by atoms with van der Waals surface area (Å²) in [5.74, 6) is 1.42. The number of amides is 1. The monoisotopic (exact) mass is 465 g/mol. The second kappa shape index (κ2) is 13.6. The van der Waals surface area contributed by atoms with Crippen LogP contribution in [0.4, 0.5) is 0 Å². The van der Waals surface area contributed by atoms with Crippen molar-refractivity contribution in [3.8, 4) is 22.5 Å². The summed E-state index contributed by atoms with van der Waals surface area (Å²) in [7, 11) is 2.85. The Bertz CT molecular complexity index is 1010. The minimum Gasteiger partial charge on any atom is -0.400 e. The molecule has 1 unspecified atom stereocenters. The number of aryl methyl sites for hydroxylation is 1. The molecule has 0 aliphatic carbocycles. The van der Waals surface area contributed by atoms with Crippen molar-refractivity contribution in [1.29, 1.82) is 0 Å². The molecular weight excluding hydrogens is 426 g/mol. The van der Waals surface area contributed by atoms with Crippen LogP contribution in [-0.4, -0.2) is 49.3 Å². The molecule has 0 fully saturated rings. The number of hydrogen-bond acceptors (Lipinski definition) is 5. The van der Waals surface area contributed by atoms with E-state index in [-0.39, 0.29) is 11.9 Å². The van der Waals surface area contributed by atoms with Gasteiger partial charge in [0.2, 0.25) is 5.91 Å². The summed E-state index contributed by atoms with van der Waals surface area (Å²) >= 11 is 0. The highest BCUT2D eigenvalue weighted by molar-refractivity contribution is 5.80. The topological polar surface area (TPSA) is 84.1 Å². The Labute approximate surface area is 203 Å². The molecule has 0 aliphatic rings. The Balaban J connectivity index is 0.00000199. The molecule has 0 aliphatic heterocycles. The van der Waals surface area contributed by atoms with Gasteiger partial charge in [-0.05, 0) is 45.9 Å². The van der Waals surface area contributed by atoms with Crippen molar-refractivity contribution in [2.24, 2.45) is 13.0 Å². The summed E-state index contributed by atoms with van der Waals surface area (Å²) in [5, 5.41) is 18.9. The molecule has 2 aromatic carbocycles. The first kappa shape index (κ1) is 27.2. The van der Waals surface area contributed by atoms with E-state index in [1.54, 1.807) is 4.68 Å². The number of nitrogens with zero attached hydrogens (tertiary/aromatic N) is 5. The highest BCUT2D eigenvalue weighted by atomic mass is 16.2. The van der Waals surface area contributed by atoms with Gasteiger partial charge in [-0.1, -0.05) is 82.6 Å². The van der Waals surface area contributed by atoms with Crippen LogP contribution < -0.4 is 0 Å². The van der Waals surface area contributed by atoms with Gasteiger partial charge in [-0.25, -0.2) is 4.68 Å². The highest BCUT2D eigenvalue weighted by Gasteiger charge is 2.24. The first-order valence-electron chi connectivity index (χ1n) is 12.1. The van der Waals surface area contributed by atoms with Crippen LogP contribution in [0.2, 0.25) is 0 Å². The molecule has 1 amide bonds. The average molecular weight is 466 g/mol. The minimum atomic E-state index is 0.253. The standard InChI is InChI=1S/C26H35N5O.CH4O/c1-6-8-13-25(32)31(24(7-2)19(3)4)18-20-14-16-21(17-15-20)22-11-9-10-12-23(22)26-27-28-29-30(26)5;1-2/h9-12,14-17,19,24H,6-8,13,18H2,1-5H3;2H,1H3. The Morgan fingerprint density at radius 3 is 2.21 bits per heavy atom. The summed E-state index contributed by atoms with van der Waals surface area (Å²) in [6.45, 7) is 9.36. The number of unbranched alkanes of at least 4 members (excludes halogenated alkanes) is 1. The van der Waals surface area contributed by atoms with E-state index >= 15 is 0 Å². The van der Waals surface area contributed by atoms with Crippen molar-refractivity contribution in [2.45, 2.75) is 66.0 Å². The van der Waals surface area contributed by atoms with Crippen LogP contribution >= 0.6 is 0 Å². The van der Waals surface area contributed by atoms with Gasteiger partial charge >= 0.3 is 0 Å². The van der Waals surface area contributed by atoms with E-state index in [2.05, 4.69) is 78.5 Å². The first-order chi connectivity index (χ1) is 16.5. The Hall–Kier alpha value is -3.06. The van der Waals surface area contributed by atoms with Gasteiger partial charge in [0.15, 0.2) is 5.82 Å². The molecule has 1 aromatic heterocycles. The number of tetrazole rings is 1. The molecule has 34 heavy (non-hydrogen) atoms. The van der Waals surface area contributed by atoms with Crippen molar-refractivity contribution >= 4 is 5.91 Å². The summed E-state index contributed by atoms with van der Waals surface area (Å²) in [6.07, 6.45) is 3.56. The third-order valence-electron chi connectivity index (χ3n) is 6.06. The Morgan fingerprint density at radius 2 is 1.68 bits per heavy atom. The zero-order chi connectivity index (χ0) is 25.1. The second-order valence-corrected chi connectivity index (χ2v) is 8.71. The van der Waals surface area contributed by atoms with Crippen molar-refractivity contribution in [2.75, 3.05) is 7.11 Å². The molecule has 3 rings (SSSR count). The Morgan fingerprint density at radius 1 is 1.03 bits per heavy atom. The van der Waals surface area contributed by atoms with Crippen LogP contribution in [0.3, 0.4) is 0 Å². The zero-order valence-electron chi connectivity index (χ0n) is 21.4. The lowest BCUT2D eigenvalue weighted by Gasteiger charge is -2.34. The maximum atomic E-state index is 13.0. The molecule has 0 radical (unpaired) electrons. The van der Waals surface area contributed by atoms with Crippen LogP contribution in [-0.2, 0) is 18.4 Å². The van der Waals surface area contributed by atoms with Crippen LogP contribution in [0.25, 0.3) is 22.5 Å². The molecule has 1 N–H and O–H groups in total. The van der Waals surface area contributed by atoms with E-state index in [1.165, 1.54) is 0 Å². The number of aromatic nitrogens is 4. The van der Waals surface area contributed by atoms with Crippen molar-refractivity contribution in [3.63, 3.8) is 0 Å². The predicted molar refractivity (Wildman–Crippen MR) is 137 cm³/mol. The number of rotatable bonds is 10. The lowest BCUT2D eigenvalue weighted by Crippen LogP contribution is -2.42. The number of carbonyl (C=O) groups excluding carboxylic acids is 1. The van der Waals surface area contributed by atoms with E-state index in [4.69, 9.17) is 5.11 Å². The van der Waals surface area contributed by atoms with Gasteiger partial charge in [-0.3, -0.25) is 4.79 Å². The van der Waals surface area contributed by atoms with Gasteiger partial charge < -0.3 is 10.0 Å². The number of aliphatic hydroxyl groups excluding tert-OH is 1. The molecular formula is C27H39N5O2. The highest BCUT2D eigenvalue weighted by Crippen LogP contribution is 2.31. The number of aliphatic hydroxyl groups is 1. The maximum Gasteiger partial charge on any atom is 0.223 e. The molecule has 0 saturated heterocycles. The SMILES string of the molecule is CCCCC(=O)N(Cc1ccc(-c2ccccc2-c2nnnn2C)cc1)C(CC)C(C)C.CO. The molecule has 3 aromatic rings. The number of benzene rings is 2. The summed E-state index contributed by atoms with van der Waals surface area (Å²) < 4.78 is 1.68. The lowest BCUT2D eigenvalue weighted by atomic mass is 9.96. The fraction of sp³-hybridized carbons (Fsp3) is 0.481. The average Bonchev–Trinajstić information content (AvgIpc) is 3.29. The number of carbonyl (C=O) groups is 1. The molecule has 7 nitrogen and oxygen atoms in total. The third kappa shape index (κ3) is 6.73. The predicted octanol–water partition coefficient (Wildman–Crippen LogP) is 5.11. The van der Waals surface area contributed by atoms with Crippen LogP contribution in [0.1, 0.15) is 58.9 Å². The second-order valence-electron chi connectivity index (χ2n) is 8.71. The Kier molecular flexibility index (Phi) is 10.9. The van der Waals surface area contributed by atoms with E-state index in [1.807, 2.05) is 25.2 Å². The fourth-order valence-corrected chi connectivity index (χ4v) is 4.29. The van der Waals surface area contributed by atoms with Gasteiger partial charge in [0.25, 0.3) is 0 Å². The van der Waals surface area contributed by atoms with Gasteiger partial charge in [0, 0.05) is 38.7 Å². The van der Waals surface area contributed by atoms with Crippen LogP contribution in [0.5, 0.6) is 0 Å². The summed E-state index contributed by atoms with van der Waals surface area (Å²) in [6, 6.07) is 16.9. The molecule has 1 heterocycles. The molecule has 0 spiro atoms. The molecule has 184 valence electrons. The molecule has 0 saturated carbocycles. The number of hydrogen-bond donors (Lipinski definition) is 1. The smallest absolute Gasteiger partial charge is 0.223 e. The van der Waals surface area contributed by atoms with Gasteiger partial charge in [0.1, 0.15) is 0 Å². The van der Waals surface area contributed by atoms with Crippen molar-refractivity contribution < 1.29 is 9.90 Å². The van der Waals surface area contributed by atoms with Gasteiger partial charge in [0.05, 0.1) is 0 Å². The molecule has 0 bridgehead atoms. The fourth-order valence-electron chi connectivity index (χ4n) is 4.29. The summed E-state index contributed by atoms with van der Waals surface area (Å²) in [5.41, 5.74) is 4.33. The largest absolute Gasteiger partial charge is 0.400 e. The summed E-state index contributed by atoms with van der Waals surface area (Å²) in [4.78, 5) is 15.1. The molecule has 1 atom stereocenters. The normalized spacial score (nSPS) is 11.6. The first-order valence-corrected chi connectivity index (χ1v) is 12.1. The van der Waals surface area contributed by atoms with Crippen LogP contribution in [0, 0.1) is 5.92 Å². The lowest BCUT2D eigenvalue weighted by molar-refractivity contribution is -0.135. The van der Waals surface area contributed by atoms with Crippen molar-refractivity contribution in [1.82, 2.24) is 25.1 Å². The van der Waals surface area contributed by atoms with E-state index in [0.29, 0.717) is 18.9 Å². The maximum absolute atomic E-state index is 13.0.